The number of thiophene rings is 1. The van der Waals surface area contributed by atoms with Crippen LogP contribution in [0.15, 0.2) is 78.2 Å². The zero-order chi connectivity index (χ0) is 23.5. The molecule has 34 heavy (non-hydrogen) atoms. The van der Waals surface area contributed by atoms with E-state index in [1.54, 1.807) is 22.9 Å². The van der Waals surface area contributed by atoms with E-state index in [-0.39, 0.29) is 19.0 Å². The first-order chi connectivity index (χ1) is 16.6. The van der Waals surface area contributed by atoms with Crippen LogP contribution in [0.1, 0.15) is 16.1 Å². The standard InChI is InChI=1S/C26H20FN3O3S/c1-17-24-19(26(31)33-14-13-32-22-11-6-5-10-20(22)27)16-21(23-12-7-15-34-23)28-25(24)30(29-17)18-8-3-2-4-9-18/h2-12,15-16H,13-14H2,1H3. The van der Waals surface area contributed by atoms with Crippen molar-refractivity contribution in [2.45, 2.75) is 6.92 Å². The van der Waals surface area contributed by atoms with Crippen molar-refractivity contribution in [1.82, 2.24) is 14.8 Å². The summed E-state index contributed by atoms with van der Waals surface area (Å²) in [5.74, 6) is -0.864. The van der Waals surface area contributed by atoms with Gasteiger partial charge in [-0.05, 0) is 48.7 Å². The van der Waals surface area contributed by atoms with Crippen LogP contribution in [0.5, 0.6) is 5.75 Å². The molecule has 0 atom stereocenters. The van der Waals surface area contributed by atoms with Gasteiger partial charge in [-0.15, -0.1) is 11.3 Å². The van der Waals surface area contributed by atoms with E-state index in [1.165, 1.54) is 23.5 Å². The zero-order valence-electron chi connectivity index (χ0n) is 18.3. The van der Waals surface area contributed by atoms with Crippen LogP contribution in [0, 0.1) is 12.7 Å². The average molecular weight is 474 g/mol. The Kier molecular flexibility index (Phi) is 6.05. The molecule has 0 unspecified atom stereocenters. The molecule has 0 saturated carbocycles. The van der Waals surface area contributed by atoms with Gasteiger partial charge in [-0.3, -0.25) is 0 Å². The molecular weight excluding hydrogens is 453 g/mol. The fourth-order valence-corrected chi connectivity index (χ4v) is 4.36. The maximum absolute atomic E-state index is 13.7. The minimum absolute atomic E-state index is 0.0287. The van der Waals surface area contributed by atoms with Gasteiger partial charge in [0, 0.05) is 0 Å². The number of pyridine rings is 1. The van der Waals surface area contributed by atoms with Crippen molar-refractivity contribution >= 4 is 28.3 Å². The van der Waals surface area contributed by atoms with E-state index < -0.39 is 11.8 Å². The van der Waals surface area contributed by atoms with Crippen molar-refractivity contribution in [3.63, 3.8) is 0 Å². The van der Waals surface area contributed by atoms with Crippen LogP contribution < -0.4 is 4.74 Å². The van der Waals surface area contributed by atoms with E-state index in [0.29, 0.717) is 28.0 Å². The number of hydrogen-bond donors (Lipinski definition) is 0. The molecule has 0 spiro atoms. The summed E-state index contributed by atoms with van der Waals surface area (Å²) in [6.45, 7) is 1.84. The molecule has 5 aromatic rings. The molecule has 3 aromatic heterocycles. The van der Waals surface area contributed by atoms with Gasteiger partial charge in [0.05, 0.1) is 32.9 Å². The molecule has 0 amide bonds. The monoisotopic (exact) mass is 473 g/mol. The van der Waals surface area contributed by atoms with Crippen LogP contribution in [0.2, 0.25) is 0 Å². The van der Waals surface area contributed by atoms with Crippen LogP contribution in [0.3, 0.4) is 0 Å². The number of aromatic nitrogens is 3. The fraction of sp³-hybridized carbons (Fsp3) is 0.115. The lowest BCUT2D eigenvalue weighted by Crippen LogP contribution is -2.13. The molecule has 3 heterocycles. The van der Waals surface area contributed by atoms with Gasteiger partial charge in [-0.1, -0.05) is 36.4 Å². The van der Waals surface area contributed by atoms with Gasteiger partial charge in [0.15, 0.2) is 17.2 Å². The maximum Gasteiger partial charge on any atom is 0.339 e. The summed E-state index contributed by atoms with van der Waals surface area (Å²) in [6.07, 6.45) is 0. The van der Waals surface area contributed by atoms with E-state index >= 15 is 0 Å². The molecule has 0 N–H and O–H groups in total. The summed E-state index contributed by atoms with van der Waals surface area (Å²) in [6, 6.07) is 21.4. The number of halogens is 1. The van der Waals surface area contributed by atoms with Crippen molar-refractivity contribution < 1.29 is 18.7 Å². The second kappa shape index (κ2) is 9.44. The summed E-state index contributed by atoms with van der Waals surface area (Å²) in [5, 5.41) is 7.24. The van der Waals surface area contributed by atoms with Gasteiger partial charge in [-0.25, -0.2) is 18.9 Å². The number of para-hydroxylation sites is 2. The number of hydrogen-bond acceptors (Lipinski definition) is 6. The first-order valence-corrected chi connectivity index (χ1v) is 11.5. The van der Waals surface area contributed by atoms with Crippen molar-refractivity contribution in [3.05, 3.63) is 95.3 Å². The number of nitrogens with zero attached hydrogens (tertiary/aromatic N) is 3. The van der Waals surface area contributed by atoms with Crippen LogP contribution in [-0.2, 0) is 4.74 Å². The van der Waals surface area contributed by atoms with Gasteiger partial charge in [-0.2, -0.15) is 5.10 Å². The van der Waals surface area contributed by atoms with Crippen LogP contribution in [0.25, 0.3) is 27.3 Å². The minimum atomic E-state index is -0.516. The Labute approximate surface area is 199 Å². The van der Waals surface area contributed by atoms with Crippen molar-refractivity contribution in [2.75, 3.05) is 13.2 Å². The quantitative estimate of drug-likeness (QED) is 0.220. The van der Waals surface area contributed by atoms with Crippen LogP contribution >= 0.6 is 11.3 Å². The summed E-state index contributed by atoms with van der Waals surface area (Å²) in [5.41, 5.74) is 3.12. The number of carbonyl (C=O) groups excluding carboxylic acids is 1. The normalized spacial score (nSPS) is 11.0. The molecule has 0 radical (unpaired) electrons. The second-order valence-corrected chi connectivity index (χ2v) is 8.43. The third kappa shape index (κ3) is 4.27. The lowest BCUT2D eigenvalue weighted by Gasteiger charge is -2.10. The molecule has 2 aromatic carbocycles. The SMILES string of the molecule is Cc1nn(-c2ccccc2)c2nc(-c3cccs3)cc(C(=O)OCCOc3ccccc3F)c12. The molecule has 8 heteroatoms. The van der Waals surface area contributed by atoms with Gasteiger partial charge in [0.1, 0.15) is 13.2 Å². The molecule has 170 valence electrons. The Morgan fingerprint density at radius 2 is 1.82 bits per heavy atom. The molecule has 0 saturated heterocycles. The highest BCUT2D eigenvalue weighted by atomic mass is 32.1. The maximum atomic E-state index is 13.7. The molecule has 5 rings (SSSR count). The number of carbonyl (C=O) groups is 1. The highest BCUT2D eigenvalue weighted by Gasteiger charge is 2.22. The Hall–Kier alpha value is -4.04. The van der Waals surface area contributed by atoms with Crippen LogP contribution in [0.4, 0.5) is 4.39 Å². The Balaban J connectivity index is 1.47. The highest BCUT2D eigenvalue weighted by Crippen LogP contribution is 2.31. The average Bonchev–Trinajstić information content (AvgIpc) is 3.51. The van der Waals surface area contributed by atoms with Crippen molar-refractivity contribution in [1.29, 1.82) is 0 Å². The lowest BCUT2D eigenvalue weighted by molar-refractivity contribution is 0.0450. The zero-order valence-corrected chi connectivity index (χ0v) is 19.1. The highest BCUT2D eigenvalue weighted by molar-refractivity contribution is 7.13. The molecule has 6 nitrogen and oxygen atoms in total. The Bertz CT molecular complexity index is 1450. The number of benzene rings is 2. The van der Waals surface area contributed by atoms with Gasteiger partial charge >= 0.3 is 5.97 Å². The summed E-state index contributed by atoms with van der Waals surface area (Å²) in [4.78, 5) is 18.9. The van der Waals surface area contributed by atoms with E-state index in [2.05, 4.69) is 5.10 Å². The number of esters is 1. The second-order valence-electron chi connectivity index (χ2n) is 7.48. The van der Waals surface area contributed by atoms with Crippen LogP contribution in [-0.4, -0.2) is 33.9 Å². The third-order valence-corrected chi connectivity index (χ3v) is 6.11. The molecule has 0 aliphatic carbocycles. The molecular formula is C26H20FN3O3S. The molecule has 0 aliphatic rings. The number of rotatable bonds is 7. The van der Waals surface area contributed by atoms with Gasteiger partial charge in [0.25, 0.3) is 0 Å². The van der Waals surface area contributed by atoms with Crippen molar-refractivity contribution in [3.8, 4) is 22.0 Å². The Morgan fingerprint density at radius 1 is 1.03 bits per heavy atom. The summed E-state index contributed by atoms with van der Waals surface area (Å²) >= 11 is 1.53. The Morgan fingerprint density at radius 3 is 2.59 bits per heavy atom. The topological polar surface area (TPSA) is 66.2 Å². The predicted molar refractivity (Wildman–Crippen MR) is 129 cm³/mol. The lowest BCUT2D eigenvalue weighted by atomic mass is 10.1. The number of ether oxygens (including phenoxy) is 2. The largest absolute Gasteiger partial charge is 0.487 e. The molecule has 0 bridgehead atoms. The van der Waals surface area contributed by atoms with E-state index in [1.807, 2.05) is 54.8 Å². The third-order valence-electron chi connectivity index (χ3n) is 5.22. The first-order valence-electron chi connectivity index (χ1n) is 10.7. The summed E-state index contributed by atoms with van der Waals surface area (Å²) < 4.78 is 26.4. The fourth-order valence-electron chi connectivity index (χ4n) is 3.68. The predicted octanol–water partition coefficient (Wildman–Crippen LogP) is 5.83. The first kappa shape index (κ1) is 21.8. The van der Waals surface area contributed by atoms with E-state index in [0.717, 1.165) is 10.6 Å². The van der Waals surface area contributed by atoms with Gasteiger partial charge < -0.3 is 9.47 Å². The molecule has 0 aliphatic heterocycles. The molecule has 0 fully saturated rings. The summed E-state index contributed by atoms with van der Waals surface area (Å²) in [7, 11) is 0. The minimum Gasteiger partial charge on any atom is -0.487 e. The van der Waals surface area contributed by atoms with Gasteiger partial charge in [0.2, 0.25) is 0 Å². The van der Waals surface area contributed by atoms with E-state index in [4.69, 9.17) is 14.5 Å². The smallest absolute Gasteiger partial charge is 0.339 e. The van der Waals surface area contributed by atoms with E-state index in [9.17, 15) is 9.18 Å². The number of fused-ring (bicyclic) bond motifs is 1. The number of aryl methyl sites for hydroxylation is 1. The van der Waals surface area contributed by atoms with Crippen molar-refractivity contribution in [2.24, 2.45) is 0 Å².